The van der Waals surface area contributed by atoms with Crippen molar-refractivity contribution in [1.29, 1.82) is 0 Å². The molecule has 1 heterocycles. The number of hydrogen-bond donors (Lipinski definition) is 1. The highest BCUT2D eigenvalue weighted by Gasteiger charge is 2.00. The first kappa shape index (κ1) is 11.8. The number of hydrogen-bond acceptors (Lipinski definition) is 3. The van der Waals surface area contributed by atoms with Gasteiger partial charge in [0.25, 0.3) is 0 Å². The van der Waals surface area contributed by atoms with Crippen LogP contribution in [0.5, 0.6) is 17.2 Å². The molecule has 0 amide bonds. The summed E-state index contributed by atoms with van der Waals surface area (Å²) in [7, 11) is 0. The van der Waals surface area contributed by atoms with E-state index in [1.807, 2.05) is 30.3 Å². The summed E-state index contributed by atoms with van der Waals surface area (Å²) in [5.41, 5.74) is 1.19. The monoisotopic (exact) mass is 268 g/mol. The number of ether oxygens (including phenoxy) is 1. The summed E-state index contributed by atoms with van der Waals surface area (Å²) in [6.45, 7) is 0. The Morgan fingerprint density at radius 2 is 1.42 bits per heavy atom. The molecule has 2 aromatic carbocycles. The Kier molecular flexibility index (Phi) is 3.21. The number of aromatic hydroxyl groups is 1. The minimum Gasteiger partial charge on any atom is -0.508 e. The van der Waals surface area contributed by atoms with Crippen molar-refractivity contribution in [2.75, 3.05) is 0 Å². The van der Waals surface area contributed by atoms with Crippen molar-refractivity contribution >= 4 is 11.3 Å². The molecule has 3 heteroatoms. The fourth-order valence-corrected chi connectivity index (χ4v) is 2.51. The highest BCUT2D eigenvalue weighted by atomic mass is 32.1. The van der Waals surface area contributed by atoms with Crippen molar-refractivity contribution < 1.29 is 9.84 Å². The van der Waals surface area contributed by atoms with Crippen molar-refractivity contribution in [3.05, 3.63) is 66.0 Å². The van der Waals surface area contributed by atoms with Gasteiger partial charge in [0.2, 0.25) is 0 Å². The smallest absolute Gasteiger partial charge is 0.127 e. The summed E-state index contributed by atoms with van der Waals surface area (Å²) in [5.74, 6) is 1.73. The van der Waals surface area contributed by atoms with Gasteiger partial charge in [0.05, 0.1) is 0 Å². The van der Waals surface area contributed by atoms with Crippen LogP contribution in [-0.2, 0) is 0 Å². The van der Waals surface area contributed by atoms with Gasteiger partial charge in [0.1, 0.15) is 17.2 Å². The van der Waals surface area contributed by atoms with Crippen LogP contribution in [0.3, 0.4) is 0 Å². The molecule has 0 fully saturated rings. The Hall–Kier alpha value is -2.26. The number of rotatable bonds is 3. The lowest BCUT2D eigenvalue weighted by atomic mass is 10.2. The van der Waals surface area contributed by atoms with Gasteiger partial charge < -0.3 is 9.84 Å². The third kappa shape index (κ3) is 2.77. The van der Waals surface area contributed by atoms with Gasteiger partial charge in [-0.15, -0.1) is 11.3 Å². The van der Waals surface area contributed by atoms with Crippen molar-refractivity contribution in [1.82, 2.24) is 0 Å². The molecule has 0 atom stereocenters. The van der Waals surface area contributed by atoms with Gasteiger partial charge in [-0.05, 0) is 65.5 Å². The van der Waals surface area contributed by atoms with E-state index in [1.165, 1.54) is 10.4 Å². The lowest BCUT2D eigenvalue weighted by Crippen LogP contribution is -1.83. The second-order valence-electron chi connectivity index (χ2n) is 4.10. The average Bonchev–Trinajstić information content (AvgIpc) is 2.96. The molecule has 0 saturated heterocycles. The standard InChI is InChI=1S/C16H12O2S/c17-13-5-9-15(10-6-13)18-14-7-3-12(4-8-14)16-2-1-11-19-16/h1-11,17H. The Morgan fingerprint density at radius 1 is 0.789 bits per heavy atom. The maximum atomic E-state index is 9.21. The molecule has 2 nitrogen and oxygen atoms in total. The molecule has 94 valence electrons. The van der Waals surface area contributed by atoms with Crippen molar-refractivity contribution in [3.63, 3.8) is 0 Å². The fourth-order valence-electron chi connectivity index (χ4n) is 1.78. The number of thiophene rings is 1. The molecule has 3 rings (SSSR count). The third-order valence-electron chi connectivity index (χ3n) is 2.73. The molecular formula is C16H12O2S. The Morgan fingerprint density at radius 3 is 2.00 bits per heavy atom. The minimum atomic E-state index is 0.236. The van der Waals surface area contributed by atoms with Gasteiger partial charge in [-0.1, -0.05) is 6.07 Å². The minimum absolute atomic E-state index is 0.236. The van der Waals surface area contributed by atoms with Crippen molar-refractivity contribution in [3.8, 4) is 27.7 Å². The molecule has 0 aliphatic heterocycles. The second kappa shape index (κ2) is 5.16. The van der Waals surface area contributed by atoms with Crippen LogP contribution in [-0.4, -0.2) is 5.11 Å². The first-order valence-corrected chi connectivity index (χ1v) is 6.80. The number of benzene rings is 2. The first-order chi connectivity index (χ1) is 9.31. The summed E-state index contributed by atoms with van der Waals surface area (Å²) < 4.78 is 5.70. The molecule has 3 aromatic rings. The lowest BCUT2D eigenvalue weighted by molar-refractivity contribution is 0.464. The van der Waals surface area contributed by atoms with Gasteiger partial charge in [-0.3, -0.25) is 0 Å². The average molecular weight is 268 g/mol. The normalized spacial score (nSPS) is 10.3. The zero-order valence-electron chi connectivity index (χ0n) is 10.1. The summed E-state index contributed by atoms with van der Waals surface area (Å²) in [6.07, 6.45) is 0. The van der Waals surface area contributed by atoms with Crippen LogP contribution in [0.2, 0.25) is 0 Å². The van der Waals surface area contributed by atoms with Crippen LogP contribution >= 0.6 is 11.3 Å². The van der Waals surface area contributed by atoms with Crippen molar-refractivity contribution in [2.45, 2.75) is 0 Å². The summed E-state index contributed by atoms with van der Waals surface area (Å²) in [4.78, 5) is 1.25. The second-order valence-corrected chi connectivity index (χ2v) is 5.05. The van der Waals surface area contributed by atoms with E-state index in [9.17, 15) is 5.11 Å². The molecule has 1 aromatic heterocycles. The van der Waals surface area contributed by atoms with Crippen LogP contribution in [0.4, 0.5) is 0 Å². The van der Waals surface area contributed by atoms with Crippen LogP contribution in [0, 0.1) is 0 Å². The largest absolute Gasteiger partial charge is 0.508 e. The molecule has 19 heavy (non-hydrogen) atoms. The summed E-state index contributed by atoms with van der Waals surface area (Å²) >= 11 is 1.72. The number of phenols is 1. The molecule has 0 saturated carbocycles. The zero-order chi connectivity index (χ0) is 13.1. The molecule has 0 radical (unpaired) electrons. The lowest BCUT2D eigenvalue weighted by Gasteiger charge is -2.06. The summed E-state index contributed by atoms with van der Waals surface area (Å²) in [6, 6.07) is 18.8. The van der Waals surface area contributed by atoms with Gasteiger partial charge in [0.15, 0.2) is 0 Å². The Bertz CT molecular complexity index is 640. The molecular weight excluding hydrogens is 256 g/mol. The van der Waals surface area contributed by atoms with E-state index in [0.29, 0.717) is 5.75 Å². The van der Waals surface area contributed by atoms with E-state index in [4.69, 9.17) is 4.74 Å². The highest BCUT2D eigenvalue weighted by Crippen LogP contribution is 2.28. The molecule has 0 spiro atoms. The highest BCUT2D eigenvalue weighted by molar-refractivity contribution is 7.13. The predicted octanol–water partition coefficient (Wildman–Crippen LogP) is 4.91. The van der Waals surface area contributed by atoms with E-state index < -0.39 is 0 Å². The number of phenolic OH excluding ortho intramolecular Hbond substituents is 1. The predicted molar refractivity (Wildman–Crippen MR) is 77.9 cm³/mol. The molecule has 0 unspecified atom stereocenters. The van der Waals surface area contributed by atoms with Gasteiger partial charge in [0, 0.05) is 4.88 Å². The Labute approximate surface area is 115 Å². The van der Waals surface area contributed by atoms with E-state index >= 15 is 0 Å². The zero-order valence-corrected chi connectivity index (χ0v) is 10.9. The van der Waals surface area contributed by atoms with E-state index in [0.717, 1.165) is 5.75 Å². The SMILES string of the molecule is Oc1ccc(Oc2ccc(-c3cccs3)cc2)cc1. The molecule has 0 aliphatic rings. The molecule has 0 bridgehead atoms. The van der Waals surface area contributed by atoms with Crippen LogP contribution in [0.1, 0.15) is 0 Å². The fraction of sp³-hybridized carbons (Fsp3) is 0. The van der Waals surface area contributed by atoms with Crippen LogP contribution < -0.4 is 4.74 Å². The van der Waals surface area contributed by atoms with Gasteiger partial charge in [-0.25, -0.2) is 0 Å². The van der Waals surface area contributed by atoms with Crippen LogP contribution in [0.25, 0.3) is 10.4 Å². The van der Waals surface area contributed by atoms with Gasteiger partial charge in [-0.2, -0.15) is 0 Å². The van der Waals surface area contributed by atoms with E-state index in [1.54, 1.807) is 35.6 Å². The van der Waals surface area contributed by atoms with Crippen LogP contribution in [0.15, 0.2) is 66.0 Å². The maximum Gasteiger partial charge on any atom is 0.127 e. The molecule has 1 N–H and O–H groups in total. The topological polar surface area (TPSA) is 29.5 Å². The third-order valence-corrected chi connectivity index (χ3v) is 3.65. The summed E-state index contributed by atoms with van der Waals surface area (Å²) in [5, 5.41) is 11.3. The first-order valence-electron chi connectivity index (χ1n) is 5.92. The van der Waals surface area contributed by atoms with E-state index in [2.05, 4.69) is 11.4 Å². The van der Waals surface area contributed by atoms with E-state index in [-0.39, 0.29) is 5.75 Å². The quantitative estimate of drug-likeness (QED) is 0.731. The Balaban J connectivity index is 1.77. The van der Waals surface area contributed by atoms with Crippen molar-refractivity contribution in [2.24, 2.45) is 0 Å². The van der Waals surface area contributed by atoms with Gasteiger partial charge >= 0.3 is 0 Å². The maximum absolute atomic E-state index is 9.21. The molecule has 0 aliphatic carbocycles.